The number of nitro groups is 1. The predicted octanol–water partition coefficient (Wildman–Crippen LogP) is 1.02. The highest BCUT2D eigenvalue weighted by Crippen LogP contribution is 2.16. The molecule has 1 atom stereocenters. The summed E-state index contributed by atoms with van der Waals surface area (Å²) >= 11 is 0. The Hall–Kier alpha value is -1.51. The Labute approximate surface area is 117 Å². The molecule has 110 valence electrons. The molecule has 2 rings (SSSR count). The molecule has 1 fully saturated rings. The van der Waals surface area contributed by atoms with Crippen LogP contribution in [0.4, 0.5) is 5.69 Å². The summed E-state index contributed by atoms with van der Waals surface area (Å²) in [5.74, 6) is 0. The molecule has 0 spiro atoms. The fourth-order valence-corrected chi connectivity index (χ4v) is 3.25. The first kappa shape index (κ1) is 14.9. The van der Waals surface area contributed by atoms with Crippen LogP contribution in [0.5, 0.6) is 0 Å². The van der Waals surface area contributed by atoms with Crippen molar-refractivity contribution in [3.63, 3.8) is 0 Å². The fourth-order valence-electron chi connectivity index (χ4n) is 2.20. The molecule has 1 aliphatic heterocycles. The maximum Gasteiger partial charge on any atom is 0.269 e. The summed E-state index contributed by atoms with van der Waals surface area (Å²) in [5, 5.41) is 13.8. The van der Waals surface area contributed by atoms with Crippen molar-refractivity contribution in [3.8, 4) is 0 Å². The van der Waals surface area contributed by atoms with Crippen LogP contribution in [0, 0.1) is 10.1 Å². The minimum atomic E-state index is -3.59. The zero-order valence-corrected chi connectivity index (χ0v) is 11.7. The monoisotopic (exact) mass is 299 g/mol. The Kier molecular flexibility index (Phi) is 4.69. The van der Waals surface area contributed by atoms with Gasteiger partial charge in [-0.15, -0.1) is 0 Å². The van der Waals surface area contributed by atoms with E-state index in [0.717, 1.165) is 25.8 Å². The first-order chi connectivity index (χ1) is 9.49. The van der Waals surface area contributed by atoms with Gasteiger partial charge in [-0.05, 0) is 37.9 Å². The summed E-state index contributed by atoms with van der Waals surface area (Å²) in [6.07, 6.45) is 2.94. The lowest BCUT2D eigenvalue weighted by Gasteiger charge is -2.11. The van der Waals surface area contributed by atoms with E-state index >= 15 is 0 Å². The lowest BCUT2D eigenvalue weighted by molar-refractivity contribution is -0.384. The van der Waals surface area contributed by atoms with Gasteiger partial charge in [0.1, 0.15) is 0 Å². The van der Waals surface area contributed by atoms with Gasteiger partial charge in [-0.3, -0.25) is 10.1 Å². The summed E-state index contributed by atoms with van der Waals surface area (Å²) in [6, 6.07) is 5.23. The second-order valence-corrected chi connectivity index (χ2v) is 6.50. The number of nitro benzene ring substituents is 1. The van der Waals surface area contributed by atoms with E-state index in [4.69, 9.17) is 0 Å². The van der Waals surface area contributed by atoms with Crippen molar-refractivity contribution in [2.45, 2.75) is 30.2 Å². The SMILES string of the molecule is O=[N+]([O-])c1ccc(S(=O)(=O)NCC[C@H]2CCCN2)cc1. The molecule has 20 heavy (non-hydrogen) atoms. The van der Waals surface area contributed by atoms with Crippen LogP contribution < -0.4 is 10.0 Å². The van der Waals surface area contributed by atoms with Gasteiger partial charge in [0.2, 0.25) is 10.0 Å². The third kappa shape index (κ3) is 3.75. The average Bonchev–Trinajstić information content (AvgIpc) is 2.92. The van der Waals surface area contributed by atoms with E-state index in [9.17, 15) is 18.5 Å². The Morgan fingerprint density at radius 3 is 2.60 bits per heavy atom. The van der Waals surface area contributed by atoms with Crippen LogP contribution in [-0.2, 0) is 10.0 Å². The van der Waals surface area contributed by atoms with Gasteiger partial charge in [0.25, 0.3) is 5.69 Å². The third-order valence-electron chi connectivity index (χ3n) is 3.31. The molecule has 1 heterocycles. The highest BCUT2D eigenvalue weighted by atomic mass is 32.2. The molecule has 2 N–H and O–H groups in total. The van der Waals surface area contributed by atoms with E-state index in [0.29, 0.717) is 12.6 Å². The van der Waals surface area contributed by atoms with Crippen molar-refractivity contribution in [2.75, 3.05) is 13.1 Å². The highest BCUT2D eigenvalue weighted by Gasteiger charge is 2.18. The number of nitrogens with zero attached hydrogens (tertiary/aromatic N) is 1. The van der Waals surface area contributed by atoms with Crippen LogP contribution in [0.2, 0.25) is 0 Å². The summed E-state index contributed by atoms with van der Waals surface area (Å²) in [7, 11) is -3.59. The molecule has 1 saturated heterocycles. The number of rotatable bonds is 6. The number of nitrogens with one attached hydrogen (secondary N) is 2. The fraction of sp³-hybridized carbons (Fsp3) is 0.500. The summed E-state index contributed by atoms with van der Waals surface area (Å²) < 4.78 is 26.5. The molecule has 1 aromatic carbocycles. The second-order valence-electron chi connectivity index (χ2n) is 4.73. The van der Waals surface area contributed by atoms with E-state index in [1.54, 1.807) is 0 Å². The van der Waals surface area contributed by atoms with E-state index in [-0.39, 0.29) is 10.6 Å². The lowest BCUT2D eigenvalue weighted by Crippen LogP contribution is -2.30. The molecular weight excluding hydrogens is 282 g/mol. The van der Waals surface area contributed by atoms with Crippen molar-refractivity contribution >= 4 is 15.7 Å². The van der Waals surface area contributed by atoms with Gasteiger partial charge >= 0.3 is 0 Å². The minimum absolute atomic E-state index is 0.0440. The quantitative estimate of drug-likeness (QED) is 0.603. The summed E-state index contributed by atoms with van der Waals surface area (Å²) in [6.45, 7) is 1.34. The maximum atomic E-state index is 12.0. The lowest BCUT2D eigenvalue weighted by atomic mass is 10.2. The first-order valence-electron chi connectivity index (χ1n) is 6.46. The van der Waals surface area contributed by atoms with E-state index in [1.165, 1.54) is 24.3 Å². The van der Waals surface area contributed by atoms with Crippen molar-refractivity contribution < 1.29 is 13.3 Å². The molecule has 7 nitrogen and oxygen atoms in total. The predicted molar refractivity (Wildman–Crippen MR) is 73.9 cm³/mol. The van der Waals surface area contributed by atoms with Gasteiger partial charge in [0, 0.05) is 24.7 Å². The first-order valence-corrected chi connectivity index (χ1v) is 7.95. The van der Waals surface area contributed by atoms with Gasteiger partial charge < -0.3 is 5.32 Å². The minimum Gasteiger partial charge on any atom is -0.314 e. The van der Waals surface area contributed by atoms with Crippen LogP contribution in [0.15, 0.2) is 29.2 Å². The Morgan fingerprint density at radius 2 is 2.05 bits per heavy atom. The largest absolute Gasteiger partial charge is 0.314 e. The molecule has 0 aliphatic carbocycles. The summed E-state index contributed by atoms with van der Waals surface area (Å²) in [4.78, 5) is 10.00. The highest BCUT2D eigenvalue weighted by molar-refractivity contribution is 7.89. The Balaban J connectivity index is 1.93. The number of sulfonamides is 1. The molecule has 8 heteroatoms. The topological polar surface area (TPSA) is 101 Å². The second kappa shape index (κ2) is 6.29. The third-order valence-corrected chi connectivity index (χ3v) is 4.78. The van der Waals surface area contributed by atoms with Crippen LogP contribution in [-0.4, -0.2) is 32.5 Å². The van der Waals surface area contributed by atoms with Crippen LogP contribution in [0.3, 0.4) is 0 Å². The Morgan fingerprint density at radius 1 is 1.35 bits per heavy atom. The van der Waals surface area contributed by atoms with Gasteiger partial charge in [-0.25, -0.2) is 13.1 Å². The molecule has 0 unspecified atom stereocenters. The maximum absolute atomic E-state index is 12.0. The van der Waals surface area contributed by atoms with Crippen molar-refractivity contribution in [3.05, 3.63) is 34.4 Å². The van der Waals surface area contributed by atoms with Gasteiger partial charge in [0.15, 0.2) is 0 Å². The van der Waals surface area contributed by atoms with Gasteiger partial charge in [-0.2, -0.15) is 0 Å². The van der Waals surface area contributed by atoms with Gasteiger partial charge in [0.05, 0.1) is 9.82 Å². The van der Waals surface area contributed by atoms with Gasteiger partial charge in [-0.1, -0.05) is 0 Å². The van der Waals surface area contributed by atoms with Crippen molar-refractivity contribution in [1.29, 1.82) is 0 Å². The van der Waals surface area contributed by atoms with Crippen LogP contribution >= 0.6 is 0 Å². The standard InChI is InChI=1S/C12H17N3O4S/c16-15(17)11-3-5-12(6-4-11)20(18,19)14-9-7-10-2-1-8-13-10/h3-6,10,13-14H,1-2,7-9H2/t10-/m1/s1. The molecule has 0 amide bonds. The van der Waals surface area contributed by atoms with E-state index in [1.807, 2.05) is 0 Å². The number of non-ortho nitro benzene ring substituents is 1. The summed E-state index contributed by atoms with van der Waals surface area (Å²) in [5.41, 5.74) is -0.126. The molecule has 0 saturated carbocycles. The smallest absolute Gasteiger partial charge is 0.269 e. The molecular formula is C12H17N3O4S. The number of hydrogen-bond donors (Lipinski definition) is 2. The van der Waals surface area contributed by atoms with Crippen molar-refractivity contribution in [2.24, 2.45) is 0 Å². The number of hydrogen-bond acceptors (Lipinski definition) is 5. The number of benzene rings is 1. The normalized spacial score (nSPS) is 19.1. The molecule has 1 aliphatic rings. The zero-order chi connectivity index (χ0) is 14.6. The molecule has 0 radical (unpaired) electrons. The average molecular weight is 299 g/mol. The molecule has 1 aromatic rings. The van der Waals surface area contributed by atoms with Crippen molar-refractivity contribution in [1.82, 2.24) is 10.0 Å². The Bertz CT molecular complexity index is 565. The zero-order valence-electron chi connectivity index (χ0n) is 10.9. The van der Waals surface area contributed by atoms with Crippen LogP contribution in [0.25, 0.3) is 0 Å². The molecule has 0 bridgehead atoms. The van der Waals surface area contributed by atoms with E-state index in [2.05, 4.69) is 10.0 Å². The van der Waals surface area contributed by atoms with Crippen LogP contribution in [0.1, 0.15) is 19.3 Å². The molecule has 0 aromatic heterocycles. The van der Waals surface area contributed by atoms with E-state index < -0.39 is 14.9 Å².